The Morgan fingerprint density at radius 2 is 1.88 bits per heavy atom. The van der Waals surface area contributed by atoms with Crippen molar-refractivity contribution < 1.29 is 20.1 Å². The normalized spacial score (nSPS) is 14.2. The van der Waals surface area contributed by atoms with Gasteiger partial charge in [0.1, 0.15) is 24.6 Å². The van der Waals surface area contributed by atoms with Gasteiger partial charge in [0.2, 0.25) is 0 Å². The van der Waals surface area contributed by atoms with Crippen LogP contribution < -0.4 is 4.74 Å². The topological polar surface area (TPSA) is 69.9 Å². The van der Waals surface area contributed by atoms with Crippen molar-refractivity contribution in [1.29, 1.82) is 0 Å². The van der Waals surface area contributed by atoms with Gasteiger partial charge in [0, 0.05) is 0 Å². The molecule has 0 amide bonds. The van der Waals surface area contributed by atoms with Crippen LogP contribution in [0, 0.1) is 0 Å². The van der Waals surface area contributed by atoms with Crippen molar-refractivity contribution in [2.75, 3.05) is 13.2 Å². The van der Waals surface area contributed by atoms with Crippen LogP contribution in [0.3, 0.4) is 0 Å². The van der Waals surface area contributed by atoms with E-state index in [0.29, 0.717) is 17.9 Å². The van der Waals surface area contributed by atoms with Crippen molar-refractivity contribution in [3.05, 3.63) is 42.5 Å². The first-order valence-corrected chi connectivity index (χ1v) is 4.99. The average molecular weight is 224 g/mol. The van der Waals surface area contributed by atoms with Gasteiger partial charge in [-0.3, -0.25) is 0 Å². The van der Waals surface area contributed by atoms with Crippen LogP contribution in [0.25, 0.3) is 0 Å². The highest BCUT2D eigenvalue weighted by atomic mass is 16.5. The largest absolute Gasteiger partial charge is 0.490 e. The number of benzene rings is 1. The molecular formula is C12H16O4. The molecule has 3 N–H and O–H groups in total. The second-order valence-electron chi connectivity index (χ2n) is 3.36. The first-order chi connectivity index (χ1) is 7.69. The molecule has 0 saturated carbocycles. The maximum atomic E-state index is 9.59. The molecule has 0 spiro atoms. The molecule has 0 aliphatic rings. The number of aliphatic hydroxyl groups is 3. The van der Waals surface area contributed by atoms with E-state index in [4.69, 9.17) is 9.84 Å². The Balaban J connectivity index is 2.66. The van der Waals surface area contributed by atoms with E-state index in [2.05, 4.69) is 6.58 Å². The molecule has 0 radical (unpaired) electrons. The zero-order valence-electron chi connectivity index (χ0n) is 8.91. The first kappa shape index (κ1) is 12.7. The monoisotopic (exact) mass is 224 g/mol. The third-order valence-electron chi connectivity index (χ3n) is 2.14. The van der Waals surface area contributed by atoms with Crippen LogP contribution >= 0.6 is 0 Å². The van der Waals surface area contributed by atoms with Crippen LogP contribution in [0.2, 0.25) is 0 Å². The molecule has 0 aliphatic carbocycles. The molecule has 1 rings (SSSR count). The van der Waals surface area contributed by atoms with E-state index in [1.54, 1.807) is 30.3 Å². The maximum Gasteiger partial charge on any atom is 0.119 e. The van der Waals surface area contributed by atoms with Gasteiger partial charge in [0.05, 0.1) is 6.61 Å². The van der Waals surface area contributed by atoms with Gasteiger partial charge in [-0.25, -0.2) is 0 Å². The molecule has 0 saturated heterocycles. The lowest BCUT2D eigenvalue weighted by Gasteiger charge is -2.16. The highest BCUT2D eigenvalue weighted by Gasteiger charge is 2.16. The van der Waals surface area contributed by atoms with E-state index in [0.717, 1.165) is 0 Å². The van der Waals surface area contributed by atoms with Gasteiger partial charge in [-0.15, -0.1) is 0 Å². The minimum absolute atomic E-state index is 0.418. The van der Waals surface area contributed by atoms with Gasteiger partial charge >= 0.3 is 0 Å². The van der Waals surface area contributed by atoms with E-state index in [1.165, 1.54) is 0 Å². The standard InChI is InChI=1S/C12H16O4/c1-2-7-16-10-5-3-9(4-6-10)12(15)11(14)8-13/h2-6,11-15H,1,7-8H2. The smallest absolute Gasteiger partial charge is 0.119 e. The fourth-order valence-electron chi connectivity index (χ4n) is 1.24. The van der Waals surface area contributed by atoms with E-state index >= 15 is 0 Å². The Morgan fingerprint density at radius 3 is 2.38 bits per heavy atom. The van der Waals surface area contributed by atoms with Crippen LogP contribution in [0.15, 0.2) is 36.9 Å². The summed E-state index contributed by atoms with van der Waals surface area (Å²) >= 11 is 0. The predicted octanol–water partition coefficient (Wildman–Crippen LogP) is 0.638. The summed E-state index contributed by atoms with van der Waals surface area (Å²) < 4.78 is 5.27. The van der Waals surface area contributed by atoms with E-state index in [-0.39, 0.29) is 0 Å². The van der Waals surface area contributed by atoms with Crippen molar-refractivity contribution in [2.45, 2.75) is 12.2 Å². The van der Waals surface area contributed by atoms with Crippen molar-refractivity contribution >= 4 is 0 Å². The van der Waals surface area contributed by atoms with Crippen molar-refractivity contribution in [2.24, 2.45) is 0 Å². The zero-order chi connectivity index (χ0) is 12.0. The predicted molar refractivity (Wildman–Crippen MR) is 60.2 cm³/mol. The molecule has 0 aromatic heterocycles. The highest BCUT2D eigenvalue weighted by molar-refractivity contribution is 5.29. The van der Waals surface area contributed by atoms with Gasteiger partial charge in [-0.05, 0) is 17.7 Å². The minimum Gasteiger partial charge on any atom is -0.490 e. The van der Waals surface area contributed by atoms with Crippen molar-refractivity contribution in [1.82, 2.24) is 0 Å². The molecule has 0 bridgehead atoms. The summed E-state index contributed by atoms with van der Waals surface area (Å²) in [5, 5.41) is 27.5. The lowest BCUT2D eigenvalue weighted by molar-refractivity contribution is -0.0152. The van der Waals surface area contributed by atoms with Gasteiger partial charge in [-0.1, -0.05) is 24.8 Å². The molecule has 1 aromatic rings. The summed E-state index contributed by atoms with van der Waals surface area (Å²) in [6.07, 6.45) is -0.614. The molecule has 2 unspecified atom stereocenters. The van der Waals surface area contributed by atoms with Crippen LogP contribution in [0.1, 0.15) is 11.7 Å². The Bertz CT molecular complexity index is 320. The molecule has 1 aromatic carbocycles. The van der Waals surface area contributed by atoms with Gasteiger partial charge in [0.15, 0.2) is 0 Å². The molecular weight excluding hydrogens is 208 g/mol. The molecule has 4 nitrogen and oxygen atoms in total. The number of rotatable bonds is 6. The molecule has 0 aliphatic heterocycles. The van der Waals surface area contributed by atoms with Crippen molar-refractivity contribution in [3.63, 3.8) is 0 Å². The third-order valence-corrected chi connectivity index (χ3v) is 2.14. The lowest BCUT2D eigenvalue weighted by Crippen LogP contribution is -2.21. The molecule has 88 valence electrons. The molecule has 0 heterocycles. The quantitative estimate of drug-likeness (QED) is 0.620. The summed E-state index contributed by atoms with van der Waals surface area (Å²) in [4.78, 5) is 0. The summed E-state index contributed by atoms with van der Waals surface area (Å²) in [6.45, 7) is 3.47. The highest BCUT2D eigenvalue weighted by Crippen LogP contribution is 2.20. The Hall–Kier alpha value is -1.36. The zero-order valence-corrected chi connectivity index (χ0v) is 8.91. The second kappa shape index (κ2) is 6.27. The number of aliphatic hydroxyl groups excluding tert-OH is 3. The number of hydrogen-bond acceptors (Lipinski definition) is 4. The first-order valence-electron chi connectivity index (χ1n) is 4.99. The van der Waals surface area contributed by atoms with Crippen LogP contribution in [0.4, 0.5) is 0 Å². The average Bonchev–Trinajstić information content (AvgIpc) is 2.35. The van der Waals surface area contributed by atoms with Crippen molar-refractivity contribution in [3.8, 4) is 5.75 Å². The Kier molecular flexibility index (Phi) is 4.98. The third kappa shape index (κ3) is 3.34. The van der Waals surface area contributed by atoms with Crippen LogP contribution in [-0.2, 0) is 0 Å². The summed E-state index contributed by atoms with van der Waals surface area (Å²) in [6, 6.07) is 6.65. The summed E-state index contributed by atoms with van der Waals surface area (Å²) in [5.74, 6) is 0.661. The fourth-order valence-corrected chi connectivity index (χ4v) is 1.24. The SMILES string of the molecule is C=CCOc1ccc(C(O)C(O)CO)cc1. The van der Waals surface area contributed by atoms with Gasteiger partial charge in [-0.2, -0.15) is 0 Å². The van der Waals surface area contributed by atoms with E-state index in [1.807, 2.05) is 0 Å². The second-order valence-corrected chi connectivity index (χ2v) is 3.36. The number of ether oxygens (including phenoxy) is 1. The fraction of sp³-hybridized carbons (Fsp3) is 0.333. The lowest BCUT2D eigenvalue weighted by atomic mass is 10.1. The molecule has 0 fully saturated rings. The summed E-state index contributed by atoms with van der Waals surface area (Å²) in [7, 11) is 0. The van der Waals surface area contributed by atoms with Gasteiger partial charge in [0.25, 0.3) is 0 Å². The Labute approximate surface area is 94.4 Å². The summed E-state index contributed by atoms with van der Waals surface area (Å²) in [5.41, 5.74) is 0.535. The van der Waals surface area contributed by atoms with Crippen LogP contribution in [0.5, 0.6) is 5.75 Å². The number of hydrogen-bond donors (Lipinski definition) is 3. The van der Waals surface area contributed by atoms with E-state index in [9.17, 15) is 10.2 Å². The van der Waals surface area contributed by atoms with Crippen LogP contribution in [-0.4, -0.2) is 34.6 Å². The molecule has 16 heavy (non-hydrogen) atoms. The van der Waals surface area contributed by atoms with E-state index < -0.39 is 18.8 Å². The minimum atomic E-state index is -1.17. The Morgan fingerprint density at radius 1 is 1.25 bits per heavy atom. The maximum absolute atomic E-state index is 9.59. The molecule has 2 atom stereocenters. The molecule has 4 heteroatoms. The van der Waals surface area contributed by atoms with Gasteiger partial charge < -0.3 is 20.1 Å².